The summed E-state index contributed by atoms with van der Waals surface area (Å²) in [6.45, 7) is 11.5. The summed E-state index contributed by atoms with van der Waals surface area (Å²) in [5, 5.41) is 1.52. The molecule has 0 aliphatic rings. The van der Waals surface area contributed by atoms with Crippen molar-refractivity contribution in [2.24, 2.45) is 0 Å². The van der Waals surface area contributed by atoms with E-state index in [1.807, 2.05) is 0 Å². The Morgan fingerprint density at radius 3 is 1.80 bits per heavy atom. The Morgan fingerprint density at radius 2 is 1.40 bits per heavy atom. The summed E-state index contributed by atoms with van der Waals surface area (Å²) in [6, 6.07) is 9.12. The number of rotatable bonds is 9. The van der Waals surface area contributed by atoms with Crippen LogP contribution in [0.3, 0.4) is 0 Å². The van der Waals surface area contributed by atoms with E-state index in [1.54, 1.807) is 14.2 Å². The van der Waals surface area contributed by atoms with Gasteiger partial charge in [0.05, 0.1) is 21.3 Å². The lowest BCUT2D eigenvalue weighted by Crippen LogP contribution is -2.37. The molecule has 0 radical (unpaired) electrons. The Hall–Kier alpha value is -0.683. The van der Waals surface area contributed by atoms with Gasteiger partial charge in [0.25, 0.3) is 0 Å². The third kappa shape index (κ3) is 6.18. The second-order valence-electron chi connectivity index (χ2n) is 6.21. The highest BCUT2D eigenvalue weighted by Gasteiger charge is 2.15. The molecule has 0 aromatic heterocycles. The van der Waals surface area contributed by atoms with Crippen molar-refractivity contribution in [3.8, 4) is 0 Å². The van der Waals surface area contributed by atoms with Gasteiger partial charge in [-0.15, -0.1) is 0 Å². The van der Waals surface area contributed by atoms with Gasteiger partial charge in [0.2, 0.25) is 0 Å². The number of methoxy groups -OCH3 is 2. The van der Waals surface area contributed by atoms with Crippen molar-refractivity contribution in [1.29, 1.82) is 0 Å². The maximum Gasteiger partial charge on any atom is 0.0775 e. The number of hydrogen-bond donors (Lipinski definition) is 0. The van der Waals surface area contributed by atoms with E-state index in [0.717, 1.165) is 32.8 Å². The Labute approximate surface area is 124 Å². The van der Waals surface area contributed by atoms with Crippen LogP contribution in [0.5, 0.6) is 0 Å². The Bertz CT molecular complexity index is 365. The Balaban J connectivity index is 2.62. The molecule has 0 fully saturated rings. The average molecular weight is 295 g/mol. The van der Waals surface area contributed by atoms with Crippen molar-refractivity contribution in [1.82, 2.24) is 4.90 Å². The first kappa shape index (κ1) is 17.4. The lowest BCUT2D eigenvalue weighted by molar-refractivity contribution is 0.110. The molecule has 114 valence electrons. The number of hydrogen-bond acceptors (Lipinski definition) is 3. The molecule has 20 heavy (non-hydrogen) atoms. The largest absolute Gasteiger partial charge is 0.383 e. The molecule has 1 rings (SSSR count). The average Bonchev–Trinajstić information content (AvgIpc) is 2.41. The molecule has 0 N–H and O–H groups in total. The molecule has 0 aliphatic heterocycles. The van der Waals surface area contributed by atoms with Crippen molar-refractivity contribution >= 4 is 13.3 Å². The van der Waals surface area contributed by atoms with Crippen LogP contribution >= 0.6 is 0 Å². The number of nitrogens with zero attached hydrogens (tertiary/aromatic N) is 1. The highest BCUT2D eigenvalue weighted by atomic mass is 28.3. The first-order valence-corrected chi connectivity index (χ1v) is 10.8. The van der Waals surface area contributed by atoms with E-state index in [2.05, 4.69) is 48.8 Å². The van der Waals surface area contributed by atoms with Gasteiger partial charge < -0.3 is 9.47 Å². The molecule has 4 heteroatoms. The summed E-state index contributed by atoms with van der Waals surface area (Å²) in [7, 11) is 2.30. The van der Waals surface area contributed by atoms with Gasteiger partial charge in [-0.25, -0.2) is 0 Å². The highest BCUT2D eigenvalue weighted by molar-refractivity contribution is 6.88. The minimum atomic E-state index is -1.19. The molecule has 0 aliphatic carbocycles. The van der Waals surface area contributed by atoms with E-state index in [4.69, 9.17) is 9.47 Å². The Kier molecular flexibility index (Phi) is 7.44. The van der Waals surface area contributed by atoms with Gasteiger partial charge in [-0.3, -0.25) is 4.90 Å². The minimum absolute atomic E-state index is 0.761. The fourth-order valence-electron chi connectivity index (χ4n) is 2.08. The van der Waals surface area contributed by atoms with Crippen molar-refractivity contribution in [3.63, 3.8) is 0 Å². The van der Waals surface area contributed by atoms with Gasteiger partial charge in [0, 0.05) is 33.9 Å². The predicted molar refractivity (Wildman–Crippen MR) is 88.5 cm³/mol. The van der Waals surface area contributed by atoms with Gasteiger partial charge in [-0.2, -0.15) is 0 Å². The first-order chi connectivity index (χ1) is 9.47. The molecular formula is C16H29NO2Si. The van der Waals surface area contributed by atoms with Gasteiger partial charge in [-0.1, -0.05) is 49.1 Å². The van der Waals surface area contributed by atoms with Gasteiger partial charge >= 0.3 is 0 Å². The molecular weight excluding hydrogens is 266 g/mol. The van der Waals surface area contributed by atoms with Crippen LogP contribution in [0.4, 0.5) is 0 Å². The molecule has 0 heterocycles. The molecule has 0 unspecified atom stereocenters. The highest BCUT2D eigenvalue weighted by Crippen LogP contribution is 2.07. The molecule has 0 atom stereocenters. The molecule has 0 saturated carbocycles. The summed E-state index contributed by atoms with van der Waals surface area (Å²) < 4.78 is 10.4. The van der Waals surface area contributed by atoms with Crippen LogP contribution in [-0.2, 0) is 16.0 Å². The third-order valence-electron chi connectivity index (χ3n) is 3.45. The standard InChI is InChI=1S/C16H29NO2Si/c1-18-12-10-17(11-13-19-2)14-15-6-8-16(9-7-15)20(3,4)5/h6-9H,10-14H2,1-5H3. The van der Waals surface area contributed by atoms with Crippen LogP contribution < -0.4 is 5.19 Å². The van der Waals surface area contributed by atoms with Gasteiger partial charge in [-0.05, 0) is 5.56 Å². The van der Waals surface area contributed by atoms with Crippen LogP contribution in [0, 0.1) is 0 Å². The zero-order valence-electron chi connectivity index (χ0n) is 13.6. The lowest BCUT2D eigenvalue weighted by atomic mass is 10.2. The number of benzene rings is 1. The monoisotopic (exact) mass is 295 g/mol. The van der Waals surface area contributed by atoms with Gasteiger partial charge in [0.15, 0.2) is 0 Å². The van der Waals surface area contributed by atoms with Crippen LogP contribution in [0.25, 0.3) is 0 Å². The van der Waals surface area contributed by atoms with Crippen molar-refractivity contribution < 1.29 is 9.47 Å². The summed E-state index contributed by atoms with van der Waals surface area (Å²) in [5.74, 6) is 0. The maximum absolute atomic E-state index is 5.18. The van der Waals surface area contributed by atoms with Crippen molar-refractivity contribution in [2.45, 2.75) is 26.2 Å². The molecule has 0 saturated heterocycles. The van der Waals surface area contributed by atoms with E-state index in [-0.39, 0.29) is 0 Å². The molecule has 3 nitrogen and oxygen atoms in total. The number of ether oxygens (including phenoxy) is 2. The summed E-state index contributed by atoms with van der Waals surface area (Å²) in [5.41, 5.74) is 1.36. The van der Waals surface area contributed by atoms with E-state index in [0.29, 0.717) is 0 Å². The normalized spacial score (nSPS) is 12.1. The zero-order chi connectivity index (χ0) is 15.0. The summed E-state index contributed by atoms with van der Waals surface area (Å²) in [6.07, 6.45) is 0. The fourth-order valence-corrected chi connectivity index (χ4v) is 3.25. The van der Waals surface area contributed by atoms with Gasteiger partial charge in [0.1, 0.15) is 0 Å². The SMILES string of the molecule is COCCN(CCOC)Cc1ccc([Si](C)(C)C)cc1. The predicted octanol–water partition coefficient (Wildman–Crippen LogP) is 2.33. The van der Waals surface area contributed by atoms with Crippen LogP contribution in [0.2, 0.25) is 19.6 Å². The van der Waals surface area contributed by atoms with Crippen LogP contribution in [0.1, 0.15) is 5.56 Å². The minimum Gasteiger partial charge on any atom is -0.383 e. The lowest BCUT2D eigenvalue weighted by Gasteiger charge is -2.22. The summed E-state index contributed by atoms with van der Waals surface area (Å²) in [4.78, 5) is 2.37. The van der Waals surface area contributed by atoms with Crippen LogP contribution in [0.15, 0.2) is 24.3 Å². The molecule has 0 bridgehead atoms. The second kappa shape index (κ2) is 8.57. The van der Waals surface area contributed by atoms with E-state index < -0.39 is 8.07 Å². The second-order valence-corrected chi connectivity index (χ2v) is 11.3. The van der Waals surface area contributed by atoms with E-state index in [1.165, 1.54) is 10.8 Å². The smallest absolute Gasteiger partial charge is 0.0775 e. The van der Waals surface area contributed by atoms with Crippen LogP contribution in [-0.4, -0.2) is 53.5 Å². The molecule has 1 aromatic rings. The van der Waals surface area contributed by atoms with E-state index in [9.17, 15) is 0 Å². The molecule has 0 spiro atoms. The zero-order valence-corrected chi connectivity index (χ0v) is 14.6. The fraction of sp³-hybridized carbons (Fsp3) is 0.625. The third-order valence-corrected chi connectivity index (χ3v) is 5.51. The topological polar surface area (TPSA) is 21.7 Å². The maximum atomic E-state index is 5.18. The van der Waals surface area contributed by atoms with E-state index >= 15 is 0 Å². The Morgan fingerprint density at radius 1 is 0.900 bits per heavy atom. The first-order valence-electron chi connectivity index (χ1n) is 7.27. The molecule has 1 aromatic carbocycles. The molecule has 0 amide bonds. The van der Waals surface area contributed by atoms with Crippen molar-refractivity contribution in [2.75, 3.05) is 40.5 Å². The quantitative estimate of drug-likeness (QED) is 0.653. The van der Waals surface area contributed by atoms with Crippen molar-refractivity contribution in [3.05, 3.63) is 29.8 Å². The summed E-state index contributed by atoms with van der Waals surface area (Å²) >= 11 is 0.